The molecule has 3 aliphatic heterocycles. The van der Waals surface area contributed by atoms with Crippen molar-refractivity contribution in [3.63, 3.8) is 0 Å². The van der Waals surface area contributed by atoms with Crippen LogP contribution in [0.4, 0.5) is 13.2 Å². The first-order chi connectivity index (χ1) is 45.0. The van der Waals surface area contributed by atoms with Gasteiger partial charge in [-0.2, -0.15) is 13.2 Å². The third-order valence-electron chi connectivity index (χ3n) is 20.2. The van der Waals surface area contributed by atoms with Gasteiger partial charge in [-0.15, -0.1) is 0 Å². The van der Waals surface area contributed by atoms with E-state index in [1.807, 2.05) is 20.8 Å². The number of alkyl halides is 3. The first-order valence-electron chi connectivity index (χ1n) is 34.2. The fourth-order valence-electron chi connectivity index (χ4n) is 13.8. The quantitative estimate of drug-likeness (QED) is 0.272. The number of amides is 12. The van der Waals surface area contributed by atoms with Gasteiger partial charge in [0.1, 0.15) is 47.8 Å². The van der Waals surface area contributed by atoms with E-state index in [4.69, 9.17) is 11.6 Å². The molecule has 28 heteroatoms. The number of halogens is 4. The summed E-state index contributed by atoms with van der Waals surface area (Å²) in [7, 11) is 9.79. The summed E-state index contributed by atoms with van der Waals surface area (Å²) in [5, 5.41) is 7.93. The Morgan fingerprint density at radius 2 is 1.25 bits per heavy atom. The number of carbonyl (C=O) groups is 12. The third kappa shape index (κ3) is 19.6. The van der Waals surface area contributed by atoms with Crippen LogP contribution in [0.1, 0.15) is 162 Å². The van der Waals surface area contributed by atoms with Gasteiger partial charge in [-0.25, -0.2) is 0 Å². The Balaban J connectivity index is 1.39. The van der Waals surface area contributed by atoms with Gasteiger partial charge < -0.3 is 60.0 Å². The Hall–Kier alpha value is -7.06. The van der Waals surface area contributed by atoms with Crippen LogP contribution >= 0.6 is 11.6 Å². The summed E-state index contributed by atoms with van der Waals surface area (Å²) in [4.78, 5) is 187. The number of nitrogens with one attached hydrogen (secondary N) is 3. The normalized spacial score (nSPS) is 26.2. The topological polar surface area (TPSA) is 270 Å². The maximum absolute atomic E-state index is 15.2. The number of hydrogen-bond acceptors (Lipinski definition) is 12. The molecule has 2 saturated carbocycles. The van der Waals surface area contributed by atoms with Crippen LogP contribution in [0.3, 0.4) is 0 Å². The molecule has 6 rings (SSSR count). The number of benzene rings is 1. The summed E-state index contributed by atoms with van der Waals surface area (Å²) in [6, 6.07) is -5.65. The SMILES string of the molecule is CC[C@H](C)[C@@H]1NC(=O)[C@H](CC(C)C)N(C)C(=O)C[C@@H](C(=O)N2CCCCC2)N(C)C(=O)[C@H](C(C)C)N(C)C(=O)C2(CC2)NC(=O)C2CCCN2C(=O)[C@H](CCc2ccc(C(F)(F)F)c(Cl)c2)NC(=O)CN(C)C(=O)[C@H](CC2CCCCC2)N(C)C(=O)CN(C)C(=O)CN(C)C1=O. The van der Waals surface area contributed by atoms with Gasteiger partial charge in [-0.05, 0) is 112 Å². The Morgan fingerprint density at radius 3 is 1.83 bits per heavy atom. The number of likely N-dealkylation sites (tertiary alicyclic amines) is 1. The minimum absolute atomic E-state index is 0.0196. The number of likely N-dealkylation sites (N-methyl/N-ethyl adjacent to an activating group) is 7. The molecule has 1 unspecified atom stereocenters. The van der Waals surface area contributed by atoms with Crippen molar-refractivity contribution >= 4 is 82.5 Å². The van der Waals surface area contributed by atoms with Crippen molar-refractivity contribution in [2.24, 2.45) is 23.7 Å². The maximum atomic E-state index is 15.2. The van der Waals surface area contributed by atoms with E-state index < -0.39 is 173 Å². The molecule has 1 aromatic carbocycles. The Bertz CT molecular complexity index is 3010. The molecular weight excluding hydrogens is 1270 g/mol. The molecule has 8 atom stereocenters. The number of fused-ring (bicyclic) bond motifs is 1. The summed E-state index contributed by atoms with van der Waals surface area (Å²) < 4.78 is 41.4. The monoisotopic (exact) mass is 1370 g/mol. The molecule has 96 heavy (non-hydrogen) atoms. The lowest BCUT2D eigenvalue weighted by atomic mass is 9.84. The predicted octanol–water partition coefficient (Wildman–Crippen LogP) is 4.72. The van der Waals surface area contributed by atoms with E-state index in [0.29, 0.717) is 44.3 Å². The molecular formula is C68H104ClF3N12O12. The zero-order valence-corrected chi connectivity index (χ0v) is 59.2. The predicted molar refractivity (Wildman–Crippen MR) is 353 cm³/mol. The fraction of sp³-hybridized carbons (Fsp3) is 0.735. The highest BCUT2D eigenvalue weighted by Gasteiger charge is 2.56. The van der Waals surface area contributed by atoms with Gasteiger partial charge in [0.2, 0.25) is 70.9 Å². The van der Waals surface area contributed by atoms with Gasteiger partial charge in [-0.1, -0.05) is 97.7 Å². The van der Waals surface area contributed by atoms with Crippen molar-refractivity contribution in [2.75, 3.05) is 88.6 Å². The summed E-state index contributed by atoms with van der Waals surface area (Å²) in [5.41, 5.74) is -2.31. The highest BCUT2D eigenvalue weighted by Crippen LogP contribution is 2.40. The van der Waals surface area contributed by atoms with Gasteiger partial charge in [0.15, 0.2) is 0 Å². The molecule has 24 nitrogen and oxygen atoms in total. The molecule has 536 valence electrons. The summed E-state index contributed by atoms with van der Waals surface area (Å²) in [6.45, 7) is 9.80. The molecule has 5 fully saturated rings. The Kier molecular flexibility index (Phi) is 27.6. The summed E-state index contributed by atoms with van der Waals surface area (Å²) >= 11 is 6.12. The first kappa shape index (κ1) is 77.9. The van der Waals surface area contributed by atoms with Crippen LogP contribution in [0.2, 0.25) is 5.02 Å². The number of aryl methyl sites for hydroxylation is 1. The minimum atomic E-state index is -4.76. The molecule has 3 heterocycles. The number of rotatable bonds is 11. The maximum Gasteiger partial charge on any atom is 0.417 e. The fourth-order valence-corrected chi connectivity index (χ4v) is 14.1. The average molecular weight is 1370 g/mol. The van der Waals surface area contributed by atoms with Crippen LogP contribution < -0.4 is 16.0 Å². The number of carbonyl (C=O) groups excluding carboxylic acids is 12. The lowest BCUT2D eigenvalue weighted by Crippen LogP contribution is -2.62. The van der Waals surface area contributed by atoms with Crippen molar-refractivity contribution in [2.45, 2.75) is 211 Å². The van der Waals surface area contributed by atoms with Crippen molar-refractivity contribution in [3.05, 3.63) is 34.3 Å². The molecule has 3 saturated heterocycles. The Labute approximate surface area is 568 Å². The second-order valence-electron chi connectivity index (χ2n) is 28.3. The highest BCUT2D eigenvalue weighted by atomic mass is 35.5. The van der Waals surface area contributed by atoms with Crippen LogP contribution in [0.5, 0.6) is 0 Å². The Morgan fingerprint density at radius 1 is 0.646 bits per heavy atom. The molecule has 1 aromatic rings. The smallest absolute Gasteiger partial charge is 0.343 e. The van der Waals surface area contributed by atoms with Gasteiger partial charge in [-0.3, -0.25) is 57.5 Å². The zero-order valence-electron chi connectivity index (χ0n) is 58.5. The zero-order chi connectivity index (χ0) is 71.4. The number of hydrogen-bond donors (Lipinski definition) is 3. The second-order valence-corrected chi connectivity index (χ2v) is 28.7. The van der Waals surface area contributed by atoms with Gasteiger partial charge in [0.25, 0.3) is 0 Å². The minimum Gasteiger partial charge on any atom is -0.343 e. The second kappa shape index (κ2) is 33.9. The summed E-state index contributed by atoms with van der Waals surface area (Å²) in [5.74, 6) is -9.19. The largest absolute Gasteiger partial charge is 0.417 e. The first-order valence-corrected chi connectivity index (χ1v) is 34.6. The number of piperidine rings is 1. The van der Waals surface area contributed by atoms with E-state index in [1.165, 1.54) is 79.9 Å². The van der Waals surface area contributed by atoms with Crippen molar-refractivity contribution in [1.82, 2.24) is 60.0 Å². The lowest BCUT2D eigenvalue weighted by molar-refractivity contribution is -0.155. The molecule has 5 aliphatic rings. The van der Waals surface area contributed by atoms with Crippen molar-refractivity contribution in [3.8, 4) is 0 Å². The molecule has 0 bridgehead atoms. The van der Waals surface area contributed by atoms with Crippen LogP contribution in [-0.2, 0) is 70.1 Å². The van der Waals surface area contributed by atoms with Crippen LogP contribution in [0.15, 0.2) is 18.2 Å². The molecule has 12 amide bonds. The van der Waals surface area contributed by atoms with E-state index in [-0.39, 0.29) is 63.3 Å². The molecule has 0 radical (unpaired) electrons. The standard InChI is InChI=1S/C68H104ClF3N12O12/c1-14-43(6)57-64(94)78(9)39-55(87)76(7)40-56(88)80(11)51(36-44-22-17-15-18-23-44)62(92)77(8)38-53(85)73-48(28-26-45-25-27-46(47(69)35-45)68(70,71)72)61(91)84-33-21-24-49(84)60(90)75-67(29-30-67)66(96)82(13)58(42(4)5)65(95)81(12)52(63(93)83-31-19-16-20-32-83)37-54(86)79(10)50(34-41(2)3)59(89)74-57/h25,27,35,41-44,48-52,57-58H,14-24,26,28-34,36-40H2,1-13H3,(H,73,85)(H,74,89)(H,75,90)/t43-,48-,49?,50-,51-,52-,57-,58-/m0/s1. The van der Waals surface area contributed by atoms with Crippen LogP contribution in [0.25, 0.3) is 0 Å². The van der Waals surface area contributed by atoms with Gasteiger partial charge >= 0.3 is 6.18 Å². The van der Waals surface area contributed by atoms with Crippen LogP contribution in [0, 0.1) is 23.7 Å². The highest BCUT2D eigenvalue weighted by molar-refractivity contribution is 6.31. The van der Waals surface area contributed by atoms with E-state index in [1.54, 1.807) is 25.7 Å². The summed E-state index contributed by atoms with van der Waals surface area (Å²) in [6.07, 6.45) is 2.46. The molecule has 2 aliphatic carbocycles. The third-order valence-corrected chi connectivity index (χ3v) is 20.5. The van der Waals surface area contributed by atoms with Crippen molar-refractivity contribution < 1.29 is 70.7 Å². The molecule has 1 spiro atoms. The van der Waals surface area contributed by atoms with E-state index in [0.717, 1.165) is 65.4 Å². The van der Waals surface area contributed by atoms with Gasteiger partial charge in [0.05, 0.1) is 36.6 Å². The van der Waals surface area contributed by atoms with E-state index in [9.17, 15) is 61.1 Å². The van der Waals surface area contributed by atoms with E-state index >= 15 is 9.59 Å². The van der Waals surface area contributed by atoms with Crippen molar-refractivity contribution in [1.29, 1.82) is 0 Å². The average Bonchev–Trinajstić information content (AvgIpc) is 1.58. The molecule has 0 aromatic heterocycles. The van der Waals surface area contributed by atoms with Gasteiger partial charge in [0, 0.05) is 69.0 Å². The molecule has 3 N–H and O–H groups in total. The van der Waals surface area contributed by atoms with Crippen LogP contribution in [-0.4, -0.2) is 251 Å². The lowest BCUT2D eigenvalue weighted by Gasteiger charge is -2.40. The van der Waals surface area contributed by atoms with E-state index in [2.05, 4.69) is 16.0 Å². The number of nitrogens with zero attached hydrogens (tertiary/aromatic N) is 9.